The molecule has 1 fully saturated rings. The van der Waals surface area contributed by atoms with Crippen LogP contribution in [0.25, 0.3) is 11.4 Å². The van der Waals surface area contributed by atoms with Crippen LogP contribution in [0.3, 0.4) is 0 Å². The average Bonchev–Trinajstić information content (AvgIpc) is 2.99. The van der Waals surface area contributed by atoms with Crippen LogP contribution in [0.2, 0.25) is 0 Å². The quantitative estimate of drug-likeness (QED) is 0.256. The summed E-state index contributed by atoms with van der Waals surface area (Å²) in [6.07, 6.45) is -0.877. The summed E-state index contributed by atoms with van der Waals surface area (Å²) < 4.78 is 10.2. The molecule has 1 aliphatic rings. The van der Waals surface area contributed by atoms with Gasteiger partial charge in [-0.15, -0.1) is 0 Å². The van der Waals surface area contributed by atoms with Crippen LogP contribution in [0, 0.1) is 0 Å². The van der Waals surface area contributed by atoms with Crippen molar-refractivity contribution in [2.45, 2.75) is 38.8 Å². The van der Waals surface area contributed by atoms with Gasteiger partial charge in [0.05, 0.1) is 13.2 Å². The third-order valence-corrected chi connectivity index (χ3v) is 6.17. The van der Waals surface area contributed by atoms with Crippen LogP contribution >= 0.6 is 0 Å². The van der Waals surface area contributed by atoms with E-state index in [4.69, 9.17) is 19.4 Å². The smallest absolute Gasteiger partial charge is 0.409 e. The normalized spacial score (nSPS) is 13.9. The highest BCUT2D eigenvalue weighted by Gasteiger charge is 2.31. The lowest BCUT2D eigenvalue weighted by Crippen LogP contribution is -2.56. The molecule has 1 saturated heterocycles. The summed E-state index contributed by atoms with van der Waals surface area (Å²) in [6.45, 7) is 5.02. The molecular weight excluding hydrogens is 564 g/mol. The van der Waals surface area contributed by atoms with Crippen molar-refractivity contribution in [3.63, 3.8) is 0 Å². The van der Waals surface area contributed by atoms with Gasteiger partial charge in [-0.2, -0.15) is 0 Å². The zero-order valence-corrected chi connectivity index (χ0v) is 24.4. The molecule has 1 aromatic carbocycles. The molecule has 0 radical (unpaired) electrons. The number of carboxylic acid groups (broad SMARTS) is 2. The number of carbonyl (C=O) groups excluding carboxylic acids is 3. The maximum atomic E-state index is 13.4. The molecule has 234 valence electrons. The van der Waals surface area contributed by atoms with E-state index in [1.807, 2.05) is 37.3 Å². The molecule has 0 aliphatic carbocycles. The van der Waals surface area contributed by atoms with Crippen molar-refractivity contribution in [1.29, 1.82) is 0 Å². The molecule has 15 heteroatoms. The van der Waals surface area contributed by atoms with E-state index < -0.39 is 29.9 Å². The number of amides is 3. The molecule has 0 bridgehead atoms. The lowest BCUT2D eigenvalue weighted by molar-refractivity contribution is -0.138. The summed E-state index contributed by atoms with van der Waals surface area (Å²) in [7, 11) is 1.58. The van der Waals surface area contributed by atoms with Crippen molar-refractivity contribution < 1.29 is 43.7 Å². The minimum absolute atomic E-state index is 0.0150. The predicted octanol–water partition coefficient (Wildman–Crippen LogP) is 1.56. The largest absolute Gasteiger partial charge is 0.483 e. The van der Waals surface area contributed by atoms with Gasteiger partial charge in [0.25, 0.3) is 12.4 Å². The summed E-state index contributed by atoms with van der Waals surface area (Å²) >= 11 is 0. The van der Waals surface area contributed by atoms with Crippen LogP contribution in [0.4, 0.5) is 10.6 Å². The molecule has 1 aliphatic heterocycles. The van der Waals surface area contributed by atoms with Gasteiger partial charge in [0, 0.05) is 57.4 Å². The highest BCUT2D eigenvalue weighted by Crippen LogP contribution is 2.19. The van der Waals surface area contributed by atoms with Gasteiger partial charge >= 0.3 is 12.1 Å². The Labute approximate surface area is 249 Å². The molecule has 0 spiro atoms. The molecule has 15 nitrogen and oxygen atoms in total. The first kappa shape index (κ1) is 34.4. The number of hydrogen-bond donors (Lipinski definition) is 4. The van der Waals surface area contributed by atoms with Crippen molar-refractivity contribution >= 4 is 36.2 Å². The van der Waals surface area contributed by atoms with Gasteiger partial charge < -0.3 is 40.1 Å². The van der Waals surface area contributed by atoms with Crippen LogP contribution in [0.5, 0.6) is 0 Å². The van der Waals surface area contributed by atoms with E-state index in [-0.39, 0.29) is 63.8 Å². The number of aromatic nitrogens is 2. The van der Waals surface area contributed by atoms with Gasteiger partial charge in [0.2, 0.25) is 5.91 Å². The van der Waals surface area contributed by atoms with Gasteiger partial charge in [0.15, 0.2) is 5.82 Å². The molecule has 4 N–H and O–H groups in total. The Bertz CT molecular complexity index is 1220. The molecule has 43 heavy (non-hydrogen) atoms. The maximum Gasteiger partial charge on any atom is 0.409 e. The zero-order valence-electron chi connectivity index (χ0n) is 24.4. The number of nitrogens with zero attached hydrogens (tertiary/aromatic N) is 4. The summed E-state index contributed by atoms with van der Waals surface area (Å²) in [5, 5.41) is 22.0. The van der Waals surface area contributed by atoms with E-state index in [1.165, 1.54) is 15.9 Å². The number of nitrogens with one attached hydrogen (secondary N) is 2. The molecule has 1 aromatic heterocycles. The summed E-state index contributed by atoms with van der Waals surface area (Å²) in [4.78, 5) is 70.4. The van der Waals surface area contributed by atoms with Crippen LogP contribution < -0.4 is 10.6 Å². The zero-order chi connectivity index (χ0) is 31.8. The molecule has 0 saturated carbocycles. The molecule has 2 aromatic rings. The first-order valence-corrected chi connectivity index (χ1v) is 13.6. The maximum absolute atomic E-state index is 13.4. The summed E-state index contributed by atoms with van der Waals surface area (Å²) in [5.74, 6) is -1.46. The second kappa shape index (κ2) is 17.9. The number of carboxylic acids is 1. The third kappa shape index (κ3) is 11.2. The number of anilines is 1. The molecular formula is C28H38N6O9. The highest BCUT2D eigenvalue weighted by molar-refractivity contribution is 5.97. The minimum Gasteiger partial charge on any atom is -0.483 e. The topological polar surface area (TPSA) is 201 Å². The van der Waals surface area contributed by atoms with Crippen molar-refractivity contribution in [2.24, 2.45) is 0 Å². The van der Waals surface area contributed by atoms with Gasteiger partial charge in [0.1, 0.15) is 17.6 Å². The van der Waals surface area contributed by atoms with Crippen LogP contribution in [-0.2, 0) is 23.9 Å². The number of benzene rings is 1. The van der Waals surface area contributed by atoms with Crippen LogP contribution in [-0.4, -0.2) is 119 Å². The Morgan fingerprint density at radius 3 is 2.28 bits per heavy atom. The number of methoxy groups -OCH3 is 1. The number of carbonyl (C=O) groups is 5. The van der Waals surface area contributed by atoms with Gasteiger partial charge in [-0.3, -0.25) is 19.2 Å². The molecule has 3 amide bonds. The number of piperazine rings is 1. The van der Waals surface area contributed by atoms with Gasteiger partial charge in [-0.1, -0.05) is 30.3 Å². The van der Waals surface area contributed by atoms with Gasteiger partial charge in [-0.25, -0.2) is 14.8 Å². The van der Waals surface area contributed by atoms with E-state index in [0.29, 0.717) is 23.8 Å². The number of rotatable bonds is 12. The Balaban J connectivity index is 0.00000206. The first-order valence-electron chi connectivity index (χ1n) is 13.6. The van der Waals surface area contributed by atoms with E-state index >= 15 is 0 Å². The molecule has 3 rings (SSSR count). The van der Waals surface area contributed by atoms with Crippen molar-refractivity contribution in [3.05, 3.63) is 42.1 Å². The lowest BCUT2D eigenvalue weighted by atomic mass is 10.1. The van der Waals surface area contributed by atoms with Crippen molar-refractivity contribution in [2.75, 3.05) is 51.8 Å². The molecule has 1 unspecified atom stereocenters. The van der Waals surface area contributed by atoms with Crippen LogP contribution in [0.1, 0.15) is 37.2 Å². The van der Waals surface area contributed by atoms with E-state index in [0.717, 1.165) is 0 Å². The Morgan fingerprint density at radius 2 is 1.70 bits per heavy atom. The average molecular weight is 603 g/mol. The number of aliphatic carboxylic acids is 1. The fourth-order valence-electron chi connectivity index (χ4n) is 4.20. The molecule has 2 atom stereocenters. The number of hydrogen-bond acceptors (Lipinski definition) is 10. The Morgan fingerprint density at radius 1 is 1.07 bits per heavy atom. The second-order valence-corrected chi connectivity index (χ2v) is 9.40. The van der Waals surface area contributed by atoms with Crippen molar-refractivity contribution in [3.8, 4) is 11.4 Å². The Kier molecular flexibility index (Phi) is 14.3. The monoisotopic (exact) mass is 602 g/mol. The summed E-state index contributed by atoms with van der Waals surface area (Å²) in [6, 6.07) is 9.40. The molecule has 2 heterocycles. The predicted molar refractivity (Wildman–Crippen MR) is 154 cm³/mol. The third-order valence-electron chi connectivity index (χ3n) is 6.17. The fourth-order valence-corrected chi connectivity index (χ4v) is 4.20. The Hall–Kier alpha value is -4.79. The SMILES string of the molecule is CCOC(=O)N1CCN(C(=O)C(CCC(=O)O)NC(=O)c2cc(N[C@@H](C)COC)nc(-c3ccccc3)n2)CC1.O=CO. The highest BCUT2D eigenvalue weighted by atomic mass is 16.6. The standard InChI is InChI=1S/C27H36N6O7.CH2O2/c1-4-40-27(38)33-14-12-32(13-15-33)26(37)20(10-11-23(34)35)30-25(36)21-16-22(28-18(2)17-39-3)31-24(29-21)19-8-6-5-7-9-19;2-1-3/h5-9,16,18,20H,4,10-15,17H2,1-3H3,(H,30,36)(H,34,35)(H,28,29,31);1H,(H,2,3)/t18-,20?;/m0./s1. The van der Waals surface area contributed by atoms with Gasteiger partial charge in [-0.05, 0) is 20.3 Å². The lowest BCUT2D eigenvalue weighted by Gasteiger charge is -2.35. The van der Waals surface area contributed by atoms with E-state index in [9.17, 15) is 24.3 Å². The summed E-state index contributed by atoms with van der Waals surface area (Å²) in [5.41, 5.74) is 0.707. The first-order chi connectivity index (χ1) is 20.6. The second-order valence-electron chi connectivity index (χ2n) is 9.40. The van der Waals surface area contributed by atoms with Crippen LogP contribution in [0.15, 0.2) is 36.4 Å². The minimum atomic E-state index is -1.10. The van der Waals surface area contributed by atoms with Crippen molar-refractivity contribution in [1.82, 2.24) is 25.1 Å². The number of ether oxygens (including phenoxy) is 2. The van der Waals surface area contributed by atoms with E-state index in [2.05, 4.69) is 20.6 Å². The van der Waals surface area contributed by atoms with E-state index in [1.54, 1.807) is 14.0 Å². The fraction of sp³-hybridized carbons (Fsp3) is 0.464.